The van der Waals surface area contributed by atoms with Crippen LogP contribution >= 0.6 is 0 Å². The largest absolute Gasteiger partial charge is 0.247 e. The molecule has 2 atom stereocenters. The van der Waals surface area contributed by atoms with Gasteiger partial charge in [0.15, 0.2) is 0 Å². The van der Waals surface area contributed by atoms with E-state index in [0.717, 1.165) is 18.7 Å². The van der Waals surface area contributed by atoms with Crippen LogP contribution in [0.2, 0.25) is 0 Å². The zero-order valence-electron chi connectivity index (χ0n) is 9.06. The summed E-state index contributed by atoms with van der Waals surface area (Å²) in [6, 6.07) is 2.71. The molecule has 2 heterocycles. The van der Waals surface area contributed by atoms with Crippen LogP contribution in [0.25, 0.3) is 0 Å². The standard InChI is InChI=1S/C11H16N4/c1-2-3-4-10-7-9(5-6-12)11-13-8-14-15(10)11/h8-10H,2-5,7H2,1H3. The minimum atomic E-state index is 0.305. The second kappa shape index (κ2) is 4.43. The van der Waals surface area contributed by atoms with Crippen molar-refractivity contribution in [1.29, 1.82) is 5.26 Å². The Balaban J connectivity index is 2.10. The number of hydrogen-bond acceptors (Lipinski definition) is 3. The molecule has 1 aromatic heterocycles. The zero-order chi connectivity index (χ0) is 10.7. The SMILES string of the molecule is CCCCC1CC(CC#N)c2ncnn21. The molecular formula is C11H16N4. The van der Waals surface area contributed by atoms with Gasteiger partial charge in [-0.25, -0.2) is 9.67 Å². The van der Waals surface area contributed by atoms with Gasteiger partial charge in [0, 0.05) is 12.3 Å². The number of nitriles is 1. The van der Waals surface area contributed by atoms with Crippen molar-refractivity contribution < 1.29 is 0 Å². The van der Waals surface area contributed by atoms with Crippen LogP contribution in [0.4, 0.5) is 0 Å². The number of aromatic nitrogens is 3. The number of fused-ring (bicyclic) bond motifs is 1. The van der Waals surface area contributed by atoms with Crippen LogP contribution in [0.3, 0.4) is 0 Å². The minimum Gasteiger partial charge on any atom is -0.247 e. The summed E-state index contributed by atoms with van der Waals surface area (Å²) in [5.41, 5.74) is 0. The number of rotatable bonds is 4. The average Bonchev–Trinajstić information content (AvgIpc) is 2.80. The lowest BCUT2D eigenvalue weighted by atomic mass is 9.98. The molecule has 80 valence electrons. The van der Waals surface area contributed by atoms with Gasteiger partial charge in [0.05, 0.1) is 12.1 Å². The molecule has 0 spiro atoms. The summed E-state index contributed by atoms with van der Waals surface area (Å²) < 4.78 is 2.03. The van der Waals surface area contributed by atoms with E-state index in [9.17, 15) is 0 Å². The Morgan fingerprint density at radius 2 is 2.53 bits per heavy atom. The van der Waals surface area contributed by atoms with E-state index in [2.05, 4.69) is 23.1 Å². The van der Waals surface area contributed by atoms with Crippen molar-refractivity contribution in [3.63, 3.8) is 0 Å². The highest BCUT2D eigenvalue weighted by Crippen LogP contribution is 2.38. The highest BCUT2D eigenvalue weighted by molar-refractivity contribution is 5.07. The molecular weight excluding hydrogens is 188 g/mol. The lowest BCUT2D eigenvalue weighted by Crippen LogP contribution is -2.05. The van der Waals surface area contributed by atoms with E-state index in [-0.39, 0.29) is 0 Å². The molecule has 0 fully saturated rings. The van der Waals surface area contributed by atoms with Gasteiger partial charge < -0.3 is 0 Å². The monoisotopic (exact) mass is 204 g/mol. The molecule has 1 aromatic rings. The first-order valence-electron chi connectivity index (χ1n) is 5.63. The third-order valence-electron chi connectivity index (χ3n) is 3.10. The van der Waals surface area contributed by atoms with Crippen LogP contribution in [0.15, 0.2) is 6.33 Å². The summed E-state index contributed by atoms with van der Waals surface area (Å²) in [7, 11) is 0. The molecule has 0 aliphatic carbocycles. The van der Waals surface area contributed by atoms with Crippen LogP contribution < -0.4 is 0 Å². The van der Waals surface area contributed by atoms with Gasteiger partial charge in [-0.05, 0) is 12.8 Å². The maximum Gasteiger partial charge on any atom is 0.138 e. The molecule has 0 N–H and O–H groups in total. The highest BCUT2D eigenvalue weighted by Gasteiger charge is 2.32. The van der Waals surface area contributed by atoms with Crippen molar-refractivity contribution in [2.24, 2.45) is 0 Å². The van der Waals surface area contributed by atoms with Crippen LogP contribution in [0.1, 0.15) is 56.8 Å². The first-order valence-corrected chi connectivity index (χ1v) is 5.63. The molecule has 4 heteroatoms. The van der Waals surface area contributed by atoms with Gasteiger partial charge in [0.25, 0.3) is 0 Å². The molecule has 15 heavy (non-hydrogen) atoms. The van der Waals surface area contributed by atoms with E-state index in [0.29, 0.717) is 18.4 Å². The maximum absolute atomic E-state index is 8.74. The second-order valence-electron chi connectivity index (χ2n) is 4.15. The summed E-state index contributed by atoms with van der Waals surface area (Å²) in [6.07, 6.45) is 6.82. The van der Waals surface area contributed by atoms with Crippen LogP contribution in [-0.2, 0) is 0 Å². The summed E-state index contributed by atoms with van der Waals surface area (Å²) in [6.45, 7) is 2.20. The van der Waals surface area contributed by atoms with Gasteiger partial charge >= 0.3 is 0 Å². The molecule has 0 aromatic carbocycles. The Hall–Kier alpha value is -1.37. The van der Waals surface area contributed by atoms with E-state index in [1.807, 2.05) is 4.68 Å². The Kier molecular flexibility index (Phi) is 3.00. The molecule has 1 aliphatic rings. The number of unbranched alkanes of at least 4 members (excludes halogenated alkanes) is 1. The van der Waals surface area contributed by atoms with Gasteiger partial charge in [0.1, 0.15) is 12.2 Å². The maximum atomic E-state index is 8.74. The van der Waals surface area contributed by atoms with Crippen molar-refractivity contribution >= 4 is 0 Å². The van der Waals surface area contributed by atoms with Gasteiger partial charge in [-0.15, -0.1) is 0 Å². The summed E-state index contributed by atoms with van der Waals surface area (Å²) in [5.74, 6) is 1.32. The topological polar surface area (TPSA) is 54.5 Å². The predicted molar refractivity (Wildman–Crippen MR) is 56.2 cm³/mol. The van der Waals surface area contributed by atoms with E-state index in [1.54, 1.807) is 6.33 Å². The molecule has 1 aliphatic heterocycles. The van der Waals surface area contributed by atoms with Gasteiger partial charge in [-0.2, -0.15) is 10.4 Å². The van der Waals surface area contributed by atoms with Gasteiger partial charge in [0.2, 0.25) is 0 Å². The fourth-order valence-electron chi connectivity index (χ4n) is 2.33. The van der Waals surface area contributed by atoms with E-state index >= 15 is 0 Å². The van der Waals surface area contributed by atoms with Crippen molar-refractivity contribution in [3.8, 4) is 6.07 Å². The molecule has 0 saturated carbocycles. The molecule has 0 bridgehead atoms. The molecule has 2 unspecified atom stereocenters. The minimum absolute atomic E-state index is 0.305. The van der Waals surface area contributed by atoms with Crippen molar-refractivity contribution in [2.75, 3.05) is 0 Å². The summed E-state index contributed by atoms with van der Waals surface area (Å²) >= 11 is 0. The first kappa shape index (κ1) is 10.2. The Bertz CT molecular complexity index is 363. The van der Waals surface area contributed by atoms with Crippen molar-refractivity contribution in [2.45, 2.75) is 51.0 Å². The molecule has 4 nitrogen and oxygen atoms in total. The fraction of sp³-hybridized carbons (Fsp3) is 0.727. The van der Waals surface area contributed by atoms with Crippen LogP contribution in [0, 0.1) is 11.3 Å². The fourth-order valence-corrected chi connectivity index (χ4v) is 2.33. The van der Waals surface area contributed by atoms with Crippen LogP contribution in [0.5, 0.6) is 0 Å². The Labute approximate surface area is 89.9 Å². The number of nitrogens with zero attached hydrogens (tertiary/aromatic N) is 4. The van der Waals surface area contributed by atoms with E-state index in [1.165, 1.54) is 12.8 Å². The molecule has 0 radical (unpaired) electrons. The highest BCUT2D eigenvalue weighted by atomic mass is 15.4. The first-order chi connectivity index (χ1) is 7.36. The third kappa shape index (κ3) is 1.87. The van der Waals surface area contributed by atoms with E-state index in [4.69, 9.17) is 5.26 Å². The summed E-state index contributed by atoms with van der Waals surface area (Å²) in [4.78, 5) is 4.26. The lowest BCUT2D eigenvalue weighted by molar-refractivity contribution is 0.422. The Morgan fingerprint density at radius 3 is 3.27 bits per heavy atom. The molecule has 0 saturated heterocycles. The summed E-state index contributed by atoms with van der Waals surface area (Å²) in [5, 5.41) is 13.0. The zero-order valence-corrected chi connectivity index (χ0v) is 9.06. The lowest BCUT2D eigenvalue weighted by Gasteiger charge is -2.10. The number of hydrogen-bond donors (Lipinski definition) is 0. The second-order valence-corrected chi connectivity index (χ2v) is 4.15. The van der Waals surface area contributed by atoms with Gasteiger partial charge in [-0.3, -0.25) is 0 Å². The molecule has 2 rings (SSSR count). The normalized spacial score (nSPS) is 23.7. The van der Waals surface area contributed by atoms with Crippen molar-refractivity contribution in [3.05, 3.63) is 12.2 Å². The smallest absolute Gasteiger partial charge is 0.138 e. The molecule has 0 amide bonds. The van der Waals surface area contributed by atoms with Crippen LogP contribution in [-0.4, -0.2) is 14.8 Å². The Morgan fingerprint density at radius 1 is 1.67 bits per heavy atom. The predicted octanol–water partition coefficient (Wildman–Crippen LogP) is 2.41. The van der Waals surface area contributed by atoms with E-state index < -0.39 is 0 Å². The average molecular weight is 204 g/mol. The van der Waals surface area contributed by atoms with Crippen molar-refractivity contribution in [1.82, 2.24) is 14.8 Å². The third-order valence-corrected chi connectivity index (χ3v) is 3.10. The van der Waals surface area contributed by atoms with Gasteiger partial charge in [-0.1, -0.05) is 19.8 Å². The quantitative estimate of drug-likeness (QED) is 0.756.